The lowest BCUT2D eigenvalue weighted by molar-refractivity contribution is -0.138. The van der Waals surface area contributed by atoms with Crippen molar-refractivity contribution in [3.05, 3.63) is 0 Å². The van der Waals surface area contributed by atoms with Crippen LogP contribution in [0.25, 0.3) is 0 Å². The molecule has 7 nitrogen and oxygen atoms in total. The smallest absolute Gasteiger partial charge is 0.321 e. The summed E-state index contributed by atoms with van der Waals surface area (Å²) in [6, 6.07) is -1.41. The lowest BCUT2D eigenvalue weighted by atomic mass is 10.1. The molecule has 0 aromatic heterocycles. The van der Waals surface area contributed by atoms with Gasteiger partial charge in [-0.15, -0.1) is 0 Å². The number of nitrogens with two attached hydrogens (primary N) is 1. The molecular weight excluding hydrogens is 236 g/mol. The fourth-order valence-corrected chi connectivity index (χ4v) is 3.10. The van der Waals surface area contributed by atoms with E-state index in [1.807, 2.05) is 0 Å². The van der Waals surface area contributed by atoms with Crippen LogP contribution in [0.15, 0.2) is 0 Å². The summed E-state index contributed by atoms with van der Waals surface area (Å²) in [5.74, 6) is -1.93. The van der Waals surface area contributed by atoms with Crippen LogP contribution < -0.4 is 5.73 Å². The highest BCUT2D eigenvalue weighted by Gasteiger charge is 2.30. The van der Waals surface area contributed by atoms with Gasteiger partial charge >= 0.3 is 5.97 Å². The Morgan fingerprint density at radius 3 is 2.38 bits per heavy atom. The minimum absolute atomic E-state index is 0.218. The van der Waals surface area contributed by atoms with Crippen molar-refractivity contribution >= 4 is 16.0 Å². The Labute approximate surface area is 93.9 Å². The van der Waals surface area contributed by atoms with Crippen molar-refractivity contribution in [3.63, 3.8) is 0 Å². The molecule has 0 aromatic carbocycles. The molecule has 8 heteroatoms. The molecule has 1 heterocycles. The van der Waals surface area contributed by atoms with Gasteiger partial charge in [-0.3, -0.25) is 4.79 Å². The van der Waals surface area contributed by atoms with Gasteiger partial charge < -0.3 is 15.9 Å². The first-order valence-electron chi connectivity index (χ1n) is 4.97. The second kappa shape index (κ2) is 5.09. The number of sulfonamides is 1. The predicted molar refractivity (Wildman–Crippen MR) is 56.2 cm³/mol. The Balaban J connectivity index is 2.60. The Kier molecular flexibility index (Phi) is 4.25. The van der Waals surface area contributed by atoms with E-state index >= 15 is 0 Å². The zero-order valence-electron chi connectivity index (χ0n) is 8.74. The SMILES string of the molecule is NC(CS(=O)(=O)N1CCC(O)CC1)C(=O)O. The Morgan fingerprint density at radius 2 is 1.94 bits per heavy atom. The summed E-state index contributed by atoms with van der Waals surface area (Å²) in [6.07, 6.45) is 0.280. The van der Waals surface area contributed by atoms with Crippen LogP contribution in [0.2, 0.25) is 0 Å². The summed E-state index contributed by atoms with van der Waals surface area (Å²) in [7, 11) is -3.63. The molecule has 1 aliphatic heterocycles. The number of rotatable bonds is 4. The van der Waals surface area contributed by atoms with E-state index in [9.17, 15) is 18.3 Å². The van der Waals surface area contributed by atoms with Gasteiger partial charge in [0.15, 0.2) is 0 Å². The maximum Gasteiger partial charge on any atom is 0.321 e. The van der Waals surface area contributed by atoms with Crippen molar-refractivity contribution in [3.8, 4) is 0 Å². The zero-order chi connectivity index (χ0) is 12.3. The normalized spacial score (nSPS) is 21.9. The molecule has 0 aromatic rings. The number of aliphatic hydroxyl groups excluding tert-OH is 1. The van der Waals surface area contributed by atoms with E-state index in [4.69, 9.17) is 10.8 Å². The predicted octanol–water partition coefficient (Wildman–Crippen LogP) is -1.82. The third-order valence-electron chi connectivity index (χ3n) is 2.52. The highest BCUT2D eigenvalue weighted by atomic mass is 32.2. The molecule has 1 saturated heterocycles. The number of hydrogen-bond donors (Lipinski definition) is 3. The molecular formula is C8H16N2O5S. The van der Waals surface area contributed by atoms with Crippen molar-refractivity contribution in [2.45, 2.75) is 25.0 Å². The number of carboxylic acids is 1. The molecule has 16 heavy (non-hydrogen) atoms. The minimum Gasteiger partial charge on any atom is -0.480 e. The van der Waals surface area contributed by atoms with E-state index in [0.29, 0.717) is 12.8 Å². The summed E-state index contributed by atoms with van der Waals surface area (Å²) in [6.45, 7) is 0.436. The van der Waals surface area contributed by atoms with Gasteiger partial charge in [0.05, 0.1) is 11.9 Å². The van der Waals surface area contributed by atoms with Crippen LogP contribution in [0, 0.1) is 0 Å². The lowest BCUT2D eigenvalue weighted by Crippen LogP contribution is -2.46. The van der Waals surface area contributed by atoms with E-state index in [1.54, 1.807) is 0 Å². The van der Waals surface area contributed by atoms with E-state index in [1.165, 1.54) is 4.31 Å². The third-order valence-corrected chi connectivity index (χ3v) is 4.46. The molecule has 1 rings (SSSR count). The lowest BCUT2D eigenvalue weighted by Gasteiger charge is -2.29. The number of aliphatic hydroxyl groups is 1. The van der Waals surface area contributed by atoms with Gasteiger partial charge in [0.2, 0.25) is 10.0 Å². The van der Waals surface area contributed by atoms with Crippen LogP contribution in [-0.4, -0.2) is 59.9 Å². The quantitative estimate of drug-likeness (QED) is 0.542. The molecule has 0 aliphatic carbocycles. The number of carboxylic acid groups (broad SMARTS) is 1. The first-order chi connectivity index (χ1) is 7.33. The molecule has 94 valence electrons. The number of carbonyl (C=O) groups is 1. The fraction of sp³-hybridized carbons (Fsp3) is 0.875. The van der Waals surface area contributed by atoms with E-state index in [2.05, 4.69) is 0 Å². The Morgan fingerprint density at radius 1 is 1.44 bits per heavy atom. The number of aliphatic carboxylic acids is 1. The van der Waals surface area contributed by atoms with Gasteiger partial charge in [-0.2, -0.15) is 0 Å². The topological polar surface area (TPSA) is 121 Å². The van der Waals surface area contributed by atoms with Gasteiger partial charge in [0.1, 0.15) is 6.04 Å². The van der Waals surface area contributed by atoms with Gasteiger partial charge in [-0.1, -0.05) is 0 Å². The molecule has 4 N–H and O–H groups in total. The van der Waals surface area contributed by atoms with Crippen LogP contribution in [0.4, 0.5) is 0 Å². The van der Waals surface area contributed by atoms with E-state index < -0.39 is 33.9 Å². The average molecular weight is 252 g/mol. The van der Waals surface area contributed by atoms with Gasteiger partial charge in [0.25, 0.3) is 0 Å². The van der Waals surface area contributed by atoms with Crippen LogP contribution in [-0.2, 0) is 14.8 Å². The van der Waals surface area contributed by atoms with Crippen LogP contribution >= 0.6 is 0 Å². The van der Waals surface area contributed by atoms with Gasteiger partial charge in [-0.25, -0.2) is 12.7 Å². The van der Waals surface area contributed by atoms with Crippen LogP contribution in [0.3, 0.4) is 0 Å². The first kappa shape index (κ1) is 13.4. The highest BCUT2D eigenvalue weighted by molar-refractivity contribution is 7.89. The van der Waals surface area contributed by atoms with Crippen molar-refractivity contribution < 1.29 is 23.4 Å². The standard InChI is InChI=1S/C8H16N2O5S/c9-7(8(12)13)5-16(14,15)10-3-1-6(11)2-4-10/h6-7,11H,1-5,9H2,(H,12,13). The number of piperidine rings is 1. The summed E-state index contributed by atoms with van der Waals surface area (Å²) >= 11 is 0. The maximum atomic E-state index is 11.7. The summed E-state index contributed by atoms with van der Waals surface area (Å²) in [5.41, 5.74) is 5.18. The average Bonchev–Trinajstić information content (AvgIpc) is 2.17. The first-order valence-corrected chi connectivity index (χ1v) is 6.58. The molecule has 0 bridgehead atoms. The van der Waals surface area contributed by atoms with Crippen molar-refractivity contribution in [2.75, 3.05) is 18.8 Å². The van der Waals surface area contributed by atoms with Crippen molar-refractivity contribution in [1.29, 1.82) is 0 Å². The maximum absolute atomic E-state index is 11.7. The van der Waals surface area contributed by atoms with Crippen LogP contribution in [0.5, 0.6) is 0 Å². The van der Waals surface area contributed by atoms with Gasteiger partial charge in [0, 0.05) is 13.1 Å². The second-order valence-corrected chi connectivity index (χ2v) is 5.87. The molecule has 1 aliphatic rings. The Bertz CT molecular complexity index is 347. The summed E-state index contributed by atoms with van der Waals surface area (Å²) in [4.78, 5) is 10.5. The number of nitrogens with zero attached hydrogens (tertiary/aromatic N) is 1. The largest absolute Gasteiger partial charge is 0.480 e. The molecule has 0 saturated carbocycles. The van der Waals surface area contributed by atoms with Crippen molar-refractivity contribution in [2.24, 2.45) is 5.73 Å². The Hall–Kier alpha value is -0.700. The van der Waals surface area contributed by atoms with E-state index in [0.717, 1.165) is 0 Å². The third kappa shape index (κ3) is 3.41. The zero-order valence-corrected chi connectivity index (χ0v) is 9.56. The van der Waals surface area contributed by atoms with Crippen LogP contribution in [0.1, 0.15) is 12.8 Å². The molecule has 0 amide bonds. The molecule has 0 radical (unpaired) electrons. The fourth-order valence-electron chi connectivity index (χ4n) is 1.52. The second-order valence-electron chi connectivity index (χ2n) is 3.85. The van der Waals surface area contributed by atoms with E-state index in [-0.39, 0.29) is 13.1 Å². The van der Waals surface area contributed by atoms with Crippen molar-refractivity contribution in [1.82, 2.24) is 4.31 Å². The summed E-state index contributed by atoms with van der Waals surface area (Å²) < 4.78 is 24.6. The number of hydrogen-bond acceptors (Lipinski definition) is 5. The molecule has 1 atom stereocenters. The molecule has 1 unspecified atom stereocenters. The highest BCUT2D eigenvalue weighted by Crippen LogP contribution is 2.14. The van der Waals surface area contributed by atoms with Gasteiger partial charge in [-0.05, 0) is 12.8 Å². The minimum atomic E-state index is -3.63. The monoisotopic (exact) mass is 252 g/mol. The molecule has 1 fully saturated rings. The summed E-state index contributed by atoms with van der Waals surface area (Å²) in [5, 5.41) is 17.8. The molecule has 0 spiro atoms.